The van der Waals surface area contributed by atoms with E-state index in [0.717, 1.165) is 0 Å². The Hall–Kier alpha value is -1.04. The lowest BCUT2D eigenvalue weighted by molar-refractivity contribution is -0.244. The van der Waals surface area contributed by atoms with Crippen LogP contribution in [-0.2, 0) is 19.2 Å². The molecule has 0 amide bonds. The van der Waals surface area contributed by atoms with E-state index < -0.39 is 51.6 Å². The fraction of sp³-hybridized carbons (Fsp3) is 0.667. The number of rotatable bonds is 8. The van der Waals surface area contributed by atoms with Crippen molar-refractivity contribution in [1.29, 1.82) is 0 Å². The number of carbonyl (C=O) groups excluding carboxylic acids is 4. The Kier molecular flexibility index (Phi) is 6.29. The van der Waals surface area contributed by atoms with E-state index in [1.807, 2.05) is 0 Å². The third kappa shape index (κ3) is 2.55. The Labute approximate surface area is 133 Å². The van der Waals surface area contributed by atoms with Crippen molar-refractivity contribution in [3.63, 3.8) is 0 Å². The lowest BCUT2D eigenvalue weighted by atomic mass is 9.63. The summed E-state index contributed by atoms with van der Waals surface area (Å²) in [6.45, 7) is 0.531. The number of Topliss-reactive ketones (excluding diaryl/α,β-unsaturated/α-hetero) is 3. The molecule has 5 N–H and O–H groups in total. The summed E-state index contributed by atoms with van der Waals surface area (Å²) in [5.74, 6) is -4.49. The van der Waals surface area contributed by atoms with Crippen LogP contribution in [0.15, 0.2) is 0 Å². The summed E-state index contributed by atoms with van der Waals surface area (Å²) in [7, 11) is 0. The fourth-order valence-electron chi connectivity index (χ4n) is 2.20. The predicted octanol–water partition coefficient (Wildman–Crippen LogP) is -2.78. The molecule has 0 aliphatic heterocycles. The van der Waals surface area contributed by atoms with Crippen molar-refractivity contribution in [2.75, 3.05) is 6.61 Å². The van der Waals surface area contributed by atoms with E-state index in [1.54, 1.807) is 0 Å². The van der Waals surface area contributed by atoms with Gasteiger partial charge in [0.2, 0.25) is 15.9 Å². The molecule has 22 heavy (non-hydrogen) atoms. The first-order valence-electron chi connectivity index (χ1n) is 5.95. The lowest BCUT2D eigenvalue weighted by Crippen LogP contribution is -2.80. The van der Waals surface area contributed by atoms with Gasteiger partial charge in [-0.3, -0.25) is 19.2 Å². The minimum atomic E-state index is -3.74. The first-order chi connectivity index (χ1) is 9.75. The van der Waals surface area contributed by atoms with Crippen molar-refractivity contribution >= 4 is 38.0 Å². The molecule has 0 rings (SSSR count). The van der Waals surface area contributed by atoms with E-state index in [0.29, 0.717) is 20.8 Å². The van der Waals surface area contributed by atoms with Crippen LogP contribution in [-0.4, -0.2) is 77.1 Å². The zero-order valence-electron chi connectivity index (χ0n) is 12.0. The second kappa shape index (κ2) is 6.60. The van der Waals surface area contributed by atoms with E-state index in [9.17, 15) is 39.6 Å². The summed E-state index contributed by atoms with van der Waals surface area (Å²) >= 11 is 2.23. The van der Waals surface area contributed by atoms with E-state index >= 15 is 0 Å². The van der Waals surface area contributed by atoms with Crippen molar-refractivity contribution in [3.8, 4) is 0 Å². The Morgan fingerprint density at radius 2 is 1.36 bits per heavy atom. The van der Waals surface area contributed by atoms with E-state index in [-0.39, 0.29) is 0 Å². The number of ketones is 3. The first-order valence-corrected chi connectivity index (χ1v) is 6.74. The van der Waals surface area contributed by atoms with Gasteiger partial charge in [0.25, 0.3) is 0 Å². The van der Waals surface area contributed by atoms with Crippen LogP contribution < -0.4 is 0 Å². The number of carbonyl (C=O) groups is 4. The highest BCUT2D eigenvalue weighted by atomic mass is 79.9. The minimum Gasteiger partial charge on any atom is -0.394 e. The van der Waals surface area contributed by atoms with Crippen LogP contribution in [0.5, 0.6) is 0 Å². The normalized spacial score (nSPS) is 21.0. The zero-order chi connectivity index (χ0) is 18.1. The van der Waals surface area contributed by atoms with Crippen molar-refractivity contribution in [2.45, 2.75) is 43.7 Å². The van der Waals surface area contributed by atoms with Gasteiger partial charge in [0.15, 0.2) is 23.0 Å². The maximum Gasteiger partial charge on any atom is 0.240 e. The van der Waals surface area contributed by atoms with Crippen LogP contribution in [0.1, 0.15) is 20.8 Å². The molecule has 10 heteroatoms. The first kappa shape index (κ1) is 21.0. The van der Waals surface area contributed by atoms with Gasteiger partial charge in [-0.15, -0.1) is 0 Å². The van der Waals surface area contributed by atoms with Crippen molar-refractivity contribution in [1.82, 2.24) is 0 Å². The van der Waals surface area contributed by atoms with Crippen LogP contribution >= 0.6 is 15.9 Å². The fourth-order valence-corrected chi connectivity index (χ4v) is 2.76. The molecule has 0 saturated heterocycles. The van der Waals surface area contributed by atoms with Gasteiger partial charge in [-0.2, -0.15) is 0 Å². The van der Waals surface area contributed by atoms with Crippen LogP contribution in [0.3, 0.4) is 0 Å². The summed E-state index contributed by atoms with van der Waals surface area (Å²) in [5, 5.41) is 49.8. The SMILES string of the molecule is CC(=O)[C@](O)(C(=O)Br)[C@](O)(C(C)=O)[C@@](O)(C(C)=O)[C@H](O)CO. The zero-order valence-corrected chi connectivity index (χ0v) is 13.6. The molecule has 9 nitrogen and oxygen atoms in total. The lowest BCUT2D eigenvalue weighted by Gasteiger charge is -2.48. The third-order valence-electron chi connectivity index (χ3n) is 3.57. The van der Waals surface area contributed by atoms with Gasteiger partial charge < -0.3 is 25.5 Å². The molecular formula is C12H17BrO9. The second-order valence-corrected chi connectivity index (χ2v) is 5.55. The maximum absolute atomic E-state index is 11.9. The van der Waals surface area contributed by atoms with Crippen LogP contribution in [0.2, 0.25) is 0 Å². The molecule has 126 valence electrons. The van der Waals surface area contributed by atoms with Gasteiger partial charge in [-0.05, 0) is 36.7 Å². The van der Waals surface area contributed by atoms with Gasteiger partial charge in [-0.1, -0.05) is 0 Å². The van der Waals surface area contributed by atoms with Crippen molar-refractivity contribution < 1.29 is 44.7 Å². The highest BCUT2D eigenvalue weighted by molar-refractivity contribution is 9.18. The van der Waals surface area contributed by atoms with Crippen LogP contribution in [0, 0.1) is 0 Å². The molecule has 0 saturated carbocycles. The number of aliphatic hydroxyl groups excluding tert-OH is 2. The Morgan fingerprint density at radius 1 is 0.955 bits per heavy atom. The second-order valence-electron chi connectivity index (χ2n) is 4.83. The monoisotopic (exact) mass is 384 g/mol. The molecule has 0 bridgehead atoms. The highest BCUT2D eigenvalue weighted by Gasteiger charge is 2.74. The van der Waals surface area contributed by atoms with Gasteiger partial charge >= 0.3 is 0 Å². The Bertz CT molecular complexity index is 503. The van der Waals surface area contributed by atoms with Crippen molar-refractivity contribution in [2.24, 2.45) is 0 Å². The molecule has 0 fully saturated rings. The van der Waals surface area contributed by atoms with Gasteiger partial charge in [0.1, 0.15) is 6.10 Å². The van der Waals surface area contributed by atoms with Crippen LogP contribution in [0.4, 0.5) is 0 Å². The summed E-state index contributed by atoms with van der Waals surface area (Å²) in [4.78, 5) is 46.8. The van der Waals surface area contributed by atoms with Gasteiger partial charge in [-0.25, -0.2) is 0 Å². The van der Waals surface area contributed by atoms with Crippen LogP contribution in [0.25, 0.3) is 0 Å². The number of halogens is 1. The highest BCUT2D eigenvalue weighted by Crippen LogP contribution is 2.40. The molecule has 0 aromatic rings. The summed E-state index contributed by atoms with van der Waals surface area (Å²) < 4.78 is -1.62. The molecule has 0 radical (unpaired) electrons. The molecule has 0 heterocycles. The summed E-state index contributed by atoms with van der Waals surface area (Å²) in [6, 6.07) is 0. The number of hydrogen-bond donors (Lipinski definition) is 5. The molecule has 0 spiro atoms. The average molecular weight is 385 g/mol. The molecule has 0 aliphatic carbocycles. The van der Waals surface area contributed by atoms with E-state index in [1.165, 1.54) is 0 Å². The minimum absolute atomic E-state index is 0.585. The number of hydrogen-bond acceptors (Lipinski definition) is 9. The maximum atomic E-state index is 11.9. The quantitative estimate of drug-likeness (QED) is 0.219. The Balaban J connectivity index is 6.89. The van der Waals surface area contributed by atoms with Gasteiger partial charge in [0.05, 0.1) is 6.61 Å². The van der Waals surface area contributed by atoms with E-state index in [2.05, 4.69) is 15.9 Å². The topological polar surface area (TPSA) is 169 Å². The van der Waals surface area contributed by atoms with E-state index in [4.69, 9.17) is 5.11 Å². The molecule has 0 aromatic heterocycles. The number of aliphatic hydroxyl groups is 5. The summed E-state index contributed by atoms with van der Waals surface area (Å²) in [6.07, 6.45) is -2.46. The molecule has 0 unspecified atom stereocenters. The predicted molar refractivity (Wildman–Crippen MR) is 73.9 cm³/mol. The molecule has 0 aromatic carbocycles. The summed E-state index contributed by atoms with van der Waals surface area (Å²) in [5.41, 5.74) is -10.8. The molecule has 0 aliphatic rings. The molecule has 4 atom stereocenters. The Morgan fingerprint density at radius 3 is 1.55 bits per heavy atom. The standard InChI is InChI=1S/C12H17BrO9/c1-5(15)10(20,8(18)4-14)12(22,7(3)17)11(21,6(2)16)9(13)19/h8,14,18,20-22H,4H2,1-3H3/t8-,10-,11+,12+/m1/s1. The van der Waals surface area contributed by atoms with Gasteiger partial charge in [0, 0.05) is 0 Å². The smallest absolute Gasteiger partial charge is 0.240 e. The average Bonchev–Trinajstić information content (AvgIpc) is 2.42. The molecular weight excluding hydrogens is 368 g/mol. The van der Waals surface area contributed by atoms with Crippen molar-refractivity contribution in [3.05, 3.63) is 0 Å². The third-order valence-corrected chi connectivity index (χ3v) is 4.14. The largest absolute Gasteiger partial charge is 0.394 e.